The summed E-state index contributed by atoms with van der Waals surface area (Å²) in [6.45, 7) is 7.92. The van der Waals surface area contributed by atoms with Gasteiger partial charge in [-0.15, -0.1) is 0 Å². The molecule has 0 radical (unpaired) electrons. The number of esters is 1. The molecule has 2 N–H and O–H groups in total. The third-order valence-corrected chi connectivity index (χ3v) is 6.87. The highest BCUT2D eigenvalue weighted by Gasteiger charge is 2.17. The van der Waals surface area contributed by atoms with Crippen molar-refractivity contribution in [2.24, 2.45) is 0 Å². The summed E-state index contributed by atoms with van der Waals surface area (Å²) >= 11 is 0. The first-order chi connectivity index (χ1) is 18.5. The lowest BCUT2D eigenvalue weighted by Gasteiger charge is -2.21. The molecule has 6 heteroatoms. The van der Waals surface area contributed by atoms with E-state index < -0.39 is 5.97 Å². The zero-order valence-electron chi connectivity index (χ0n) is 23.3. The first kappa shape index (κ1) is 29.6. The molecule has 0 heterocycles. The van der Waals surface area contributed by atoms with Gasteiger partial charge in [-0.2, -0.15) is 0 Å². The molecular weight excluding hydrogens is 490 g/mol. The van der Waals surface area contributed by atoms with Crippen LogP contribution in [0.2, 0.25) is 0 Å². The quantitative estimate of drug-likeness (QED) is 0.263. The van der Waals surface area contributed by atoms with E-state index >= 15 is 0 Å². The zero-order valence-corrected chi connectivity index (χ0v) is 23.3. The molecule has 3 aromatic carbocycles. The molecule has 0 unspecified atom stereocenters. The number of hydrogen-bond acceptors (Lipinski definition) is 4. The van der Waals surface area contributed by atoms with Crippen molar-refractivity contribution in [1.29, 1.82) is 0 Å². The number of amides is 1. The van der Waals surface area contributed by atoms with Crippen LogP contribution in [-0.4, -0.2) is 29.5 Å². The van der Waals surface area contributed by atoms with Gasteiger partial charge in [-0.3, -0.25) is 9.59 Å². The van der Waals surface area contributed by atoms with Gasteiger partial charge in [0.05, 0.1) is 5.56 Å². The van der Waals surface area contributed by atoms with Gasteiger partial charge in [0.2, 0.25) is 0 Å². The molecule has 6 nitrogen and oxygen atoms in total. The first-order valence-electron chi connectivity index (χ1n) is 13.5. The van der Waals surface area contributed by atoms with Gasteiger partial charge in [-0.05, 0) is 78.6 Å². The van der Waals surface area contributed by atoms with Crippen molar-refractivity contribution in [3.05, 3.63) is 101 Å². The number of aryl methyl sites for hydroxylation is 1. The molecule has 0 saturated heterocycles. The van der Waals surface area contributed by atoms with Crippen molar-refractivity contribution in [1.82, 2.24) is 5.32 Å². The highest BCUT2D eigenvalue weighted by Crippen LogP contribution is 2.32. The van der Waals surface area contributed by atoms with Gasteiger partial charge < -0.3 is 15.2 Å². The third-order valence-electron chi connectivity index (χ3n) is 6.87. The predicted octanol–water partition coefficient (Wildman–Crippen LogP) is 7.06. The Morgan fingerprint density at radius 1 is 0.821 bits per heavy atom. The molecule has 0 atom stereocenters. The maximum atomic E-state index is 12.2. The molecule has 39 heavy (non-hydrogen) atoms. The van der Waals surface area contributed by atoms with Crippen molar-refractivity contribution in [2.75, 3.05) is 6.54 Å². The van der Waals surface area contributed by atoms with Crippen molar-refractivity contribution in [3.63, 3.8) is 0 Å². The number of carboxylic acids is 1. The molecule has 0 bridgehead atoms. The van der Waals surface area contributed by atoms with E-state index in [1.807, 2.05) is 55.5 Å². The SMILES string of the molecule is CC(C)(C)c1ccc(C(=O)NCC(=O)O)cc1.Cc1ccc(OC(=O)c2ccc(C3CCCCC3)cc2)cc1. The summed E-state index contributed by atoms with van der Waals surface area (Å²) < 4.78 is 5.40. The normalized spacial score (nSPS) is 13.5. The second kappa shape index (κ2) is 13.7. The molecule has 0 aromatic heterocycles. The minimum absolute atomic E-state index is 0.0378. The number of carbonyl (C=O) groups excluding carboxylic acids is 2. The number of rotatable bonds is 6. The van der Waals surface area contributed by atoms with E-state index in [-0.39, 0.29) is 23.8 Å². The molecule has 1 fully saturated rings. The lowest BCUT2D eigenvalue weighted by Crippen LogP contribution is -2.29. The summed E-state index contributed by atoms with van der Waals surface area (Å²) in [5.74, 6) is -0.459. The molecule has 1 saturated carbocycles. The Kier molecular flexibility index (Phi) is 10.4. The van der Waals surface area contributed by atoms with E-state index in [1.54, 1.807) is 12.1 Å². The number of nitrogens with one attached hydrogen (secondary N) is 1. The number of ether oxygens (including phenoxy) is 1. The van der Waals surface area contributed by atoms with Crippen molar-refractivity contribution in [2.45, 2.75) is 71.1 Å². The maximum Gasteiger partial charge on any atom is 0.343 e. The second-order valence-corrected chi connectivity index (χ2v) is 11.1. The van der Waals surface area contributed by atoms with Crippen LogP contribution >= 0.6 is 0 Å². The average molecular weight is 530 g/mol. The number of benzene rings is 3. The van der Waals surface area contributed by atoms with Crippen LogP contribution in [0.1, 0.15) is 96.2 Å². The summed E-state index contributed by atoms with van der Waals surface area (Å²) in [6, 6.07) is 22.7. The number of carbonyl (C=O) groups is 3. The Morgan fingerprint density at radius 2 is 1.38 bits per heavy atom. The van der Waals surface area contributed by atoms with E-state index in [4.69, 9.17) is 9.84 Å². The Morgan fingerprint density at radius 3 is 1.92 bits per heavy atom. The van der Waals surface area contributed by atoms with E-state index in [1.165, 1.54) is 37.7 Å². The summed E-state index contributed by atoms with van der Waals surface area (Å²) in [6.07, 6.45) is 6.54. The molecule has 1 aliphatic rings. The highest BCUT2D eigenvalue weighted by molar-refractivity contribution is 5.95. The maximum absolute atomic E-state index is 12.2. The van der Waals surface area contributed by atoms with E-state index in [0.717, 1.165) is 11.1 Å². The standard InChI is InChI=1S/C20H22O2.C13H17NO3/c1-15-7-13-19(14-8-15)22-20(21)18-11-9-17(10-12-18)16-5-3-2-4-6-16;1-13(2,3)10-6-4-9(5-7-10)12(17)14-8-11(15)16/h7-14,16H,2-6H2,1H3;4-7H,8H2,1-3H3,(H,14,17)(H,15,16). The predicted molar refractivity (Wildman–Crippen MR) is 154 cm³/mol. The van der Waals surface area contributed by atoms with Crippen LogP contribution in [-0.2, 0) is 10.2 Å². The number of aliphatic carboxylic acids is 1. The molecule has 0 spiro atoms. The van der Waals surface area contributed by atoms with Gasteiger partial charge >= 0.3 is 11.9 Å². The molecule has 1 aliphatic carbocycles. The van der Waals surface area contributed by atoms with Crippen LogP contribution in [0.5, 0.6) is 5.75 Å². The monoisotopic (exact) mass is 529 g/mol. The van der Waals surface area contributed by atoms with Crippen molar-refractivity contribution >= 4 is 17.8 Å². The summed E-state index contributed by atoms with van der Waals surface area (Å²) in [4.78, 5) is 34.0. The van der Waals surface area contributed by atoms with Crippen LogP contribution in [0, 0.1) is 6.92 Å². The highest BCUT2D eigenvalue weighted by atomic mass is 16.5. The van der Waals surface area contributed by atoms with Crippen molar-refractivity contribution in [3.8, 4) is 5.75 Å². The molecule has 0 aliphatic heterocycles. The van der Waals surface area contributed by atoms with Crippen LogP contribution in [0.4, 0.5) is 0 Å². The molecular formula is C33H39NO5. The molecule has 1 amide bonds. The van der Waals surface area contributed by atoms with Crippen LogP contribution < -0.4 is 10.1 Å². The summed E-state index contributed by atoms with van der Waals surface area (Å²) in [5.41, 5.74) is 4.76. The Hall–Kier alpha value is -3.93. The first-order valence-corrected chi connectivity index (χ1v) is 13.5. The zero-order chi connectivity index (χ0) is 28.4. The summed E-state index contributed by atoms with van der Waals surface area (Å²) in [5, 5.41) is 10.8. The largest absolute Gasteiger partial charge is 0.480 e. The molecule has 206 valence electrons. The minimum atomic E-state index is -1.05. The van der Waals surface area contributed by atoms with Gasteiger partial charge in [0, 0.05) is 5.56 Å². The Bertz CT molecular complexity index is 1230. The Labute approximate surface area is 231 Å². The lowest BCUT2D eigenvalue weighted by molar-refractivity contribution is -0.135. The van der Waals surface area contributed by atoms with Crippen molar-refractivity contribution < 1.29 is 24.2 Å². The smallest absolute Gasteiger partial charge is 0.343 e. The van der Waals surface area contributed by atoms with Crippen LogP contribution in [0.15, 0.2) is 72.8 Å². The molecule has 3 aromatic rings. The van der Waals surface area contributed by atoms with Crippen LogP contribution in [0.25, 0.3) is 0 Å². The topological polar surface area (TPSA) is 92.7 Å². The lowest BCUT2D eigenvalue weighted by atomic mass is 9.84. The van der Waals surface area contributed by atoms with Gasteiger partial charge in [-0.1, -0.05) is 82.0 Å². The van der Waals surface area contributed by atoms with Gasteiger partial charge in [0.1, 0.15) is 12.3 Å². The fourth-order valence-electron chi connectivity index (χ4n) is 4.48. The Balaban J connectivity index is 0.000000224. The van der Waals surface area contributed by atoms with E-state index in [2.05, 4.69) is 38.2 Å². The number of hydrogen-bond donors (Lipinski definition) is 2. The van der Waals surface area contributed by atoms with Gasteiger partial charge in [-0.25, -0.2) is 4.79 Å². The van der Waals surface area contributed by atoms with Gasteiger partial charge in [0.15, 0.2) is 0 Å². The third kappa shape index (κ3) is 9.40. The fourth-order valence-corrected chi connectivity index (χ4v) is 4.48. The van der Waals surface area contributed by atoms with E-state index in [0.29, 0.717) is 22.8 Å². The second-order valence-electron chi connectivity index (χ2n) is 11.1. The average Bonchev–Trinajstić information content (AvgIpc) is 2.93. The van der Waals surface area contributed by atoms with Gasteiger partial charge in [0.25, 0.3) is 5.91 Å². The minimum Gasteiger partial charge on any atom is -0.480 e. The van der Waals surface area contributed by atoms with E-state index in [9.17, 15) is 14.4 Å². The molecule has 4 rings (SSSR count). The fraction of sp³-hybridized carbons (Fsp3) is 0.364. The van der Waals surface area contributed by atoms with Crippen LogP contribution in [0.3, 0.4) is 0 Å². The summed E-state index contributed by atoms with van der Waals surface area (Å²) in [7, 11) is 0. The number of carboxylic acid groups (broad SMARTS) is 1.